The minimum atomic E-state index is -0.260. The maximum atomic E-state index is 12.9. The van der Waals surface area contributed by atoms with Crippen molar-refractivity contribution < 1.29 is 13.9 Å². The van der Waals surface area contributed by atoms with E-state index in [9.17, 15) is 9.18 Å². The van der Waals surface area contributed by atoms with Crippen LogP contribution in [0.25, 0.3) is 0 Å². The molecule has 0 bridgehead atoms. The van der Waals surface area contributed by atoms with Gasteiger partial charge in [0.05, 0.1) is 18.8 Å². The van der Waals surface area contributed by atoms with Gasteiger partial charge in [0.25, 0.3) is 0 Å². The lowest BCUT2D eigenvalue weighted by Gasteiger charge is -2.35. The lowest BCUT2D eigenvalue weighted by Crippen LogP contribution is -2.49. The third kappa shape index (κ3) is 4.79. The molecule has 1 fully saturated rings. The molecular weight excluding hydrogens is 271 g/mol. The number of hydrogen-bond acceptors (Lipinski definition) is 3. The summed E-state index contributed by atoms with van der Waals surface area (Å²) in [6, 6.07) is 6.24. The molecule has 1 aliphatic heterocycles. The lowest BCUT2D eigenvalue weighted by molar-refractivity contribution is -0.135. The zero-order valence-corrected chi connectivity index (χ0v) is 12.9. The Morgan fingerprint density at radius 3 is 2.43 bits per heavy atom. The molecule has 0 aliphatic carbocycles. The van der Waals surface area contributed by atoms with Crippen molar-refractivity contribution in [2.75, 3.05) is 26.7 Å². The Balaban J connectivity index is 1.86. The van der Waals surface area contributed by atoms with Gasteiger partial charge in [-0.25, -0.2) is 4.39 Å². The highest BCUT2D eigenvalue weighted by molar-refractivity contribution is 5.78. The number of hydrogen-bond donors (Lipinski definition) is 0. The van der Waals surface area contributed by atoms with Gasteiger partial charge in [-0.05, 0) is 31.5 Å². The summed E-state index contributed by atoms with van der Waals surface area (Å²) in [6.07, 6.45) is 0.313. The lowest BCUT2D eigenvalue weighted by atomic mass is 10.2. The molecule has 0 radical (unpaired) electrons. The van der Waals surface area contributed by atoms with Gasteiger partial charge < -0.3 is 9.64 Å². The molecule has 0 spiro atoms. The molecule has 4 nitrogen and oxygen atoms in total. The fourth-order valence-corrected chi connectivity index (χ4v) is 2.68. The average Bonchev–Trinajstić information content (AvgIpc) is 2.40. The molecule has 1 aromatic carbocycles. The average molecular weight is 294 g/mol. The van der Waals surface area contributed by atoms with Gasteiger partial charge in [-0.15, -0.1) is 0 Å². The van der Waals surface area contributed by atoms with Crippen LogP contribution in [-0.2, 0) is 16.1 Å². The summed E-state index contributed by atoms with van der Waals surface area (Å²) in [5.41, 5.74) is 0.927. The quantitative estimate of drug-likeness (QED) is 0.850. The molecule has 1 aromatic rings. The van der Waals surface area contributed by atoms with E-state index in [1.165, 1.54) is 12.1 Å². The molecule has 116 valence electrons. The van der Waals surface area contributed by atoms with Crippen molar-refractivity contribution >= 4 is 5.91 Å². The van der Waals surface area contributed by atoms with Crippen molar-refractivity contribution in [2.45, 2.75) is 32.6 Å². The minimum Gasteiger partial charge on any atom is -0.373 e. The first-order valence-electron chi connectivity index (χ1n) is 7.30. The Labute approximate surface area is 125 Å². The van der Waals surface area contributed by atoms with E-state index in [2.05, 4.69) is 4.90 Å². The van der Waals surface area contributed by atoms with Gasteiger partial charge in [0, 0.05) is 26.7 Å². The Morgan fingerprint density at radius 2 is 1.86 bits per heavy atom. The smallest absolute Gasteiger partial charge is 0.236 e. The molecule has 1 heterocycles. The second kappa shape index (κ2) is 7.00. The minimum absolute atomic E-state index is 0.0700. The number of benzene rings is 1. The number of morpholine rings is 1. The standard InChI is InChI=1S/C16H23FN2O2/c1-12-8-19(9-13(2)21-12)11-16(20)18(3)10-14-4-6-15(17)7-5-14/h4-7,12-13H,8-11H2,1-3H3. The SMILES string of the molecule is CC1CN(CC(=O)N(C)Cc2ccc(F)cc2)CC(C)O1. The molecule has 0 N–H and O–H groups in total. The first-order chi connectivity index (χ1) is 9.94. The maximum absolute atomic E-state index is 12.9. The van der Waals surface area contributed by atoms with E-state index in [0.29, 0.717) is 13.1 Å². The van der Waals surface area contributed by atoms with Crippen molar-refractivity contribution in [2.24, 2.45) is 0 Å². The van der Waals surface area contributed by atoms with Gasteiger partial charge >= 0.3 is 0 Å². The van der Waals surface area contributed by atoms with Crippen LogP contribution in [0.15, 0.2) is 24.3 Å². The van der Waals surface area contributed by atoms with Crippen LogP contribution in [0.4, 0.5) is 4.39 Å². The van der Waals surface area contributed by atoms with Gasteiger partial charge in [0.2, 0.25) is 5.91 Å². The fraction of sp³-hybridized carbons (Fsp3) is 0.562. The topological polar surface area (TPSA) is 32.8 Å². The molecule has 1 saturated heterocycles. The number of nitrogens with zero attached hydrogens (tertiary/aromatic N) is 2. The highest BCUT2D eigenvalue weighted by atomic mass is 19.1. The fourth-order valence-electron chi connectivity index (χ4n) is 2.68. The Bertz CT molecular complexity index is 468. The molecule has 21 heavy (non-hydrogen) atoms. The molecule has 1 aliphatic rings. The van der Waals surface area contributed by atoms with E-state index in [4.69, 9.17) is 4.74 Å². The predicted molar refractivity (Wildman–Crippen MR) is 79.3 cm³/mol. The number of carbonyl (C=O) groups is 1. The normalized spacial score (nSPS) is 23.0. The first-order valence-corrected chi connectivity index (χ1v) is 7.30. The highest BCUT2D eigenvalue weighted by Gasteiger charge is 2.24. The highest BCUT2D eigenvalue weighted by Crippen LogP contribution is 2.11. The van der Waals surface area contributed by atoms with Crippen LogP contribution < -0.4 is 0 Å². The molecule has 2 rings (SSSR count). The van der Waals surface area contributed by atoms with Crippen LogP contribution in [0.2, 0.25) is 0 Å². The molecule has 5 heteroatoms. The van der Waals surface area contributed by atoms with Crippen LogP contribution in [0.1, 0.15) is 19.4 Å². The van der Waals surface area contributed by atoms with E-state index >= 15 is 0 Å². The van der Waals surface area contributed by atoms with Crippen LogP contribution in [0, 0.1) is 5.82 Å². The van der Waals surface area contributed by atoms with Gasteiger partial charge in [0.15, 0.2) is 0 Å². The van der Waals surface area contributed by atoms with Crippen molar-refractivity contribution in [3.8, 4) is 0 Å². The third-order valence-corrected chi connectivity index (χ3v) is 3.61. The monoisotopic (exact) mass is 294 g/mol. The third-order valence-electron chi connectivity index (χ3n) is 3.61. The summed E-state index contributed by atoms with van der Waals surface area (Å²) in [4.78, 5) is 16.1. The zero-order valence-electron chi connectivity index (χ0n) is 12.9. The second-order valence-electron chi connectivity index (χ2n) is 5.83. The second-order valence-corrected chi connectivity index (χ2v) is 5.83. The predicted octanol–water partition coefficient (Wildman–Crippen LogP) is 1.89. The summed E-state index contributed by atoms with van der Waals surface area (Å²) in [7, 11) is 1.78. The van der Waals surface area contributed by atoms with Crippen molar-refractivity contribution in [3.05, 3.63) is 35.6 Å². The summed E-state index contributed by atoms with van der Waals surface area (Å²) >= 11 is 0. The van der Waals surface area contributed by atoms with Gasteiger partial charge in [-0.1, -0.05) is 12.1 Å². The van der Waals surface area contributed by atoms with Crippen molar-refractivity contribution in [1.29, 1.82) is 0 Å². The van der Waals surface area contributed by atoms with Crippen LogP contribution >= 0.6 is 0 Å². The van der Waals surface area contributed by atoms with Crippen LogP contribution in [0.3, 0.4) is 0 Å². The molecule has 2 atom stereocenters. The molecule has 1 amide bonds. The summed E-state index contributed by atoms with van der Waals surface area (Å²) in [5.74, 6) is -0.190. The van der Waals surface area contributed by atoms with E-state index in [1.54, 1.807) is 24.1 Å². The summed E-state index contributed by atoms with van der Waals surface area (Å²) in [6.45, 7) is 6.50. The number of amides is 1. The van der Waals surface area contributed by atoms with Crippen LogP contribution in [0.5, 0.6) is 0 Å². The van der Waals surface area contributed by atoms with Gasteiger partial charge in [-0.3, -0.25) is 9.69 Å². The zero-order chi connectivity index (χ0) is 15.4. The van der Waals surface area contributed by atoms with Crippen LogP contribution in [-0.4, -0.2) is 54.6 Å². The number of carbonyl (C=O) groups excluding carboxylic acids is 1. The number of likely N-dealkylation sites (N-methyl/N-ethyl adjacent to an activating group) is 1. The van der Waals surface area contributed by atoms with E-state index < -0.39 is 0 Å². The number of rotatable bonds is 4. The van der Waals surface area contributed by atoms with Gasteiger partial charge in [0.1, 0.15) is 5.82 Å². The van der Waals surface area contributed by atoms with Crippen molar-refractivity contribution in [3.63, 3.8) is 0 Å². The number of ether oxygens (including phenoxy) is 1. The van der Waals surface area contributed by atoms with E-state index in [1.807, 2.05) is 13.8 Å². The molecular formula is C16H23FN2O2. The van der Waals surface area contributed by atoms with Crippen molar-refractivity contribution in [1.82, 2.24) is 9.80 Å². The Hall–Kier alpha value is -1.46. The van der Waals surface area contributed by atoms with E-state index in [0.717, 1.165) is 18.7 Å². The van der Waals surface area contributed by atoms with E-state index in [-0.39, 0.29) is 23.9 Å². The molecule has 0 saturated carbocycles. The largest absolute Gasteiger partial charge is 0.373 e. The summed E-state index contributed by atoms with van der Waals surface area (Å²) in [5, 5.41) is 0. The number of halogens is 1. The summed E-state index contributed by atoms with van der Waals surface area (Å²) < 4.78 is 18.5. The van der Waals surface area contributed by atoms with Gasteiger partial charge in [-0.2, -0.15) is 0 Å². The molecule has 0 aromatic heterocycles. The Morgan fingerprint density at radius 1 is 1.29 bits per heavy atom. The Kier molecular flexibility index (Phi) is 5.31. The molecule has 2 unspecified atom stereocenters. The maximum Gasteiger partial charge on any atom is 0.236 e. The first kappa shape index (κ1) is 15.9.